The second kappa shape index (κ2) is 8.23. The summed E-state index contributed by atoms with van der Waals surface area (Å²) in [6.07, 6.45) is 4.85. The minimum absolute atomic E-state index is 0.444. The zero-order valence-electron chi connectivity index (χ0n) is 17.9. The van der Waals surface area contributed by atoms with Gasteiger partial charge in [0, 0.05) is 0 Å². The van der Waals surface area contributed by atoms with E-state index < -0.39 is 21.3 Å². The molecule has 4 aromatic carbocycles. The minimum atomic E-state index is -2.37. The van der Waals surface area contributed by atoms with Crippen LogP contribution in [0.15, 0.2) is 109 Å². The molecule has 0 nitrogen and oxygen atoms in total. The van der Waals surface area contributed by atoms with Crippen LogP contribution < -0.4 is 0 Å². The van der Waals surface area contributed by atoms with Gasteiger partial charge in [0.1, 0.15) is 0 Å². The van der Waals surface area contributed by atoms with Gasteiger partial charge in [0.05, 0.1) is 0 Å². The van der Waals surface area contributed by atoms with E-state index in [0.717, 1.165) is 0 Å². The number of fused-ring (bicyclic) bond motifs is 2. The van der Waals surface area contributed by atoms with Gasteiger partial charge in [-0.05, 0) is 0 Å². The molecule has 4 aromatic rings. The van der Waals surface area contributed by atoms with Crippen molar-refractivity contribution in [1.82, 2.24) is 0 Å². The zero-order valence-corrected chi connectivity index (χ0v) is 20.4. The van der Waals surface area contributed by atoms with Crippen molar-refractivity contribution >= 4 is 27.5 Å². The quantitative estimate of drug-likeness (QED) is 0.278. The molecule has 2 aliphatic carbocycles. The first-order valence-electron chi connectivity index (χ1n) is 11.2. The van der Waals surface area contributed by atoms with Crippen molar-refractivity contribution in [3.05, 3.63) is 143 Å². The van der Waals surface area contributed by atoms with Gasteiger partial charge in [-0.25, -0.2) is 0 Å². The van der Waals surface area contributed by atoms with Gasteiger partial charge in [-0.1, -0.05) is 0 Å². The van der Waals surface area contributed by atoms with Crippen LogP contribution in [-0.4, -0.2) is 4.21 Å². The van der Waals surface area contributed by atoms with Gasteiger partial charge >= 0.3 is 199 Å². The first-order chi connectivity index (χ1) is 15.8. The van der Waals surface area contributed by atoms with E-state index in [9.17, 15) is 0 Å². The number of hydrogen-bond donors (Lipinski definition) is 0. The summed E-state index contributed by atoms with van der Waals surface area (Å²) >= 11 is -2.37. The summed E-state index contributed by atoms with van der Waals surface area (Å²) in [6, 6.07) is 39.8. The monoisotopic (exact) mass is 486 g/mol. The van der Waals surface area contributed by atoms with Crippen LogP contribution in [0.1, 0.15) is 40.6 Å². The van der Waals surface area contributed by atoms with E-state index in [-0.39, 0.29) is 0 Å². The summed E-state index contributed by atoms with van der Waals surface area (Å²) in [4.78, 5) is 0. The summed E-state index contributed by atoms with van der Waals surface area (Å²) in [5.74, 6) is 0. The molecule has 0 aromatic heterocycles. The van der Waals surface area contributed by atoms with E-state index in [1.54, 1.807) is 0 Å². The van der Waals surface area contributed by atoms with Crippen LogP contribution in [-0.2, 0) is 21.3 Å². The Bertz CT molecular complexity index is 1270. The predicted octanol–water partition coefficient (Wildman–Crippen LogP) is 7.63. The fourth-order valence-electron chi connectivity index (χ4n) is 5.37. The van der Waals surface area contributed by atoms with Crippen molar-refractivity contribution in [3.63, 3.8) is 0 Å². The summed E-state index contributed by atoms with van der Waals surface area (Å²) in [5, 5.41) is 0. The van der Waals surface area contributed by atoms with Crippen LogP contribution in [0.5, 0.6) is 0 Å². The van der Waals surface area contributed by atoms with Gasteiger partial charge in [0.2, 0.25) is 0 Å². The second-order valence-electron chi connectivity index (χ2n) is 8.63. The maximum atomic E-state index is 5.07. The molecule has 0 heterocycles. The Labute approximate surface area is 197 Å². The van der Waals surface area contributed by atoms with Gasteiger partial charge < -0.3 is 0 Å². The van der Waals surface area contributed by atoms with Crippen LogP contribution in [0.3, 0.4) is 0 Å². The molecule has 0 saturated carbocycles. The van der Waals surface area contributed by atoms with Crippen LogP contribution in [0, 0.1) is 0 Å². The van der Waals surface area contributed by atoms with E-state index in [0.29, 0.717) is 7.25 Å². The summed E-state index contributed by atoms with van der Waals surface area (Å²) in [7, 11) is 0. The average molecular weight is 488 g/mol. The number of hydrogen-bond acceptors (Lipinski definition) is 0. The van der Waals surface area contributed by atoms with Crippen molar-refractivity contribution in [1.29, 1.82) is 0 Å². The van der Waals surface area contributed by atoms with Crippen molar-refractivity contribution in [3.8, 4) is 0 Å². The fourth-order valence-corrected chi connectivity index (χ4v) is 12.6. The molecular formula is C31H24Zr. The standard InChI is InChI=1S/2C15H11.CH2.Zr/c2*1-2-6-12(7-3-1)15-10-13-8-4-5-9-14(13)11-15;;/h2*1-11H;1H2;. The average Bonchev–Trinajstić information content (AvgIpc) is 3.44. The molecule has 0 spiro atoms. The van der Waals surface area contributed by atoms with Gasteiger partial charge in [0.15, 0.2) is 0 Å². The molecule has 0 saturated heterocycles. The van der Waals surface area contributed by atoms with Crippen molar-refractivity contribution < 1.29 is 21.3 Å². The maximum absolute atomic E-state index is 5.07. The van der Waals surface area contributed by atoms with Crippen LogP contribution in [0.2, 0.25) is 0 Å². The fraction of sp³-hybridized carbons (Fsp3) is 0.0645. The Morgan fingerprint density at radius 3 is 1.28 bits per heavy atom. The topological polar surface area (TPSA) is 0 Å². The van der Waals surface area contributed by atoms with Crippen LogP contribution >= 0.6 is 0 Å². The molecule has 32 heavy (non-hydrogen) atoms. The molecule has 0 N–H and O–H groups in total. The third kappa shape index (κ3) is 3.28. The first kappa shape index (κ1) is 19.8. The molecule has 2 aliphatic rings. The number of allylic oxidation sites excluding steroid dienone is 2. The Kier molecular flexibility index (Phi) is 5.08. The SMILES string of the molecule is [CH2]=[Zr]([CH]1C(c2ccccc2)=Cc2ccccc21)[CH]1C(c2ccccc2)=Cc2ccccc21. The molecule has 6 rings (SSSR count). The Balaban J connectivity index is 1.50. The summed E-state index contributed by atoms with van der Waals surface area (Å²) in [6.45, 7) is 0. The van der Waals surface area contributed by atoms with Gasteiger partial charge in [-0.2, -0.15) is 0 Å². The molecule has 1 heteroatoms. The third-order valence-corrected chi connectivity index (χ3v) is 13.5. The van der Waals surface area contributed by atoms with Crippen LogP contribution in [0.25, 0.3) is 23.3 Å². The van der Waals surface area contributed by atoms with Gasteiger partial charge in [-0.15, -0.1) is 0 Å². The van der Waals surface area contributed by atoms with Gasteiger partial charge in [0.25, 0.3) is 0 Å². The third-order valence-electron chi connectivity index (χ3n) is 6.81. The van der Waals surface area contributed by atoms with E-state index in [1.807, 2.05) is 0 Å². The zero-order chi connectivity index (χ0) is 21.5. The molecule has 0 radical (unpaired) electrons. The van der Waals surface area contributed by atoms with E-state index in [2.05, 4.69) is 121 Å². The molecule has 0 aliphatic heterocycles. The predicted molar refractivity (Wildman–Crippen MR) is 134 cm³/mol. The molecule has 0 fully saturated rings. The van der Waals surface area contributed by atoms with Gasteiger partial charge in [-0.3, -0.25) is 0 Å². The first-order valence-corrected chi connectivity index (χ1v) is 15.8. The van der Waals surface area contributed by atoms with Crippen molar-refractivity contribution in [2.75, 3.05) is 0 Å². The molecule has 2 unspecified atom stereocenters. The normalized spacial score (nSPS) is 18.5. The van der Waals surface area contributed by atoms with Crippen molar-refractivity contribution in [2.45, 2.75) is 7.25 Å². The summed E-state index contributed by atoms with van der Waals surface area (Å²) < 4.78 is 5.95. The Morgan fingerprint density at radius 2 is 0.844 bits per heavy atom. The van der Waals surface area contributed by atoms with Crippen LogP contribution in [0.4, 0.5) is 0 Å². The second-order valence-corrected chi connectivity index (χ2v) is 14.3. The van der Waals surface area contributed by atoms with E-state index in [1.165, 1.54) is 44.5 Å². The number of rotatable bonds is 4. The summed E-state index contributed by atoms with van der Waals surface area (Å²) in [5.41, 5.74) is 11.3. The molecule has 2 atom stereocenters. The molecule has 0 bridgehead atoms. The molecule has 0 amide bonds. The Hall–Kier alpha value is -2.89. The Morgan fingerprint density at radius 1 is 0.469 bits per heavy atom. The van der Waals surface area contributed by atoms with Crippen molar-refractivity contribution in [2.24, 2.45) is 0 Å². The molecular weight excluding hydrogens is 464 g/mol. The molecule has 152 valence electrons. The van der Waals surface area contributed by atoms with E-state index in [4.69, 9.17) is 4.21 Å². The number of benzene rings is 4. The van der Waals surface area contributed by atoms with E-state index >= 15 is 0 Å².